The van der Waals surface area contributed by atoms with Crippen molar-refractivity contribution in [2.45, 2.75) is 6.42 Å². The molecule has 6 nitrogen and oxygen atoms in total. The van der Waals surface area contributed by atoms with E-state index in [2.05, 4.69) is 14.8 Å². The second-order valence-corrected chi connectivity index (χ2v) is 1.42. The SMILES string of the molecule is [N-]=[N+]=NCCCOC(=O)O. The average molecular weight is 145 g/mol. The van der Waals surface area contributed by atoms with Crippen LogP contribution in [0.2, 0.25) is 0 Å². The fraction of sp³-hybridized carbons (Fsp3) is 0.750. The Labute approximate surface area is 57.0 Å². The molecule has 0 saturated carbocycles. The first-order valence-corrected chi connectivity index (χ1v) is 2.64. The summed E-state index contributed by atoms with van der Waals surface area (Å²) in [6, 6.07) is 0. The lowest BCUT2D eigenvalue weighted by molar-refractivity contribution is 0.0912. The van der Waals surface area contributed by atoms with Gasteiger partial charge in [0.15, 0.2) is 0 Å². The van der Waals surface area contributed by atoms with Gasteiger partial charge in [-0.15, -0.1) is 0 Å². The number of carbonyl (C=O) groups is 1. The second-order valence-electron chi connectivity index (χ2n) is 1.42. The maximum absolute atomic E-state index is 9.71. The number of ether oxygens (including phenoxy) is 1. The van der Waals surface area contributed by atoms with Crippen molar-refractivity contribution in [2.75, 3.05) is 13.2 Å². The fourth-order valence-corrected chi connectivity index (χ4v) is 0.339. The van der Waals surface area contributed by atoms with E-state index in [-0.39, 0.29) is 13.2 Å². The van der Waals surface area contributed by atoms with Gasteiger partial charge in [-0.3, -0.25) is 0 Å². The van der Waals surface area contributed by atoms with E-state index in [1.807, 2.05) is 0 Å². The van der Waals surface area contributed by atoms with Crippen molar-refractivity contribution in [3.05, 3.63) is 10.4 Å². The van der Waals surface area contributed by atoms with E-state index in [4.69, 9.17) is 10.6 Å². The summed E-state index contributed by atoms with van der Waals surface area (Å²) in [7, 11) is 0. The summed E-state index contributed by atoms with van der Waals surface area (Å²) in [5.41, 5.74) is 7.78. The summed E-state index contributed by atoms with van der Waals surface area (Å²) >= 11 is 0. The van der Waals surface area contributed by atoms with Gasteiger partial charge in [0, 0.05) is 11.5 Å². The van der Waals surface area contributed by atoms with Gasteiger partial charge in [0.2, 0.25) is 0 Å². The molecule has 6 heteroatoms. The molecule has 10 heavy (non-hydrogen) atoms. The molecule has 0 heterocycles. The standard InChI is InChI=1S/C4H7N3O3/c5-7-6-2-1-3-10-4(8)9/h1-3H2,(H,8,9). The van der Waals surface area contributed by atoms with E-state index in [1.165, 1.54) is 0 Å². The number of azide groups is 1. The van der Waals surface area contributed by atoms with Gasteiger partial charge < -0.3 is 9.84 Å². The zero-order chi connectivity index (χ0) is 7.82. The van der Waals surface area contributed by atoms with Gasteiger partial charge in [-0.25, -0.2) is 4.79 Å². The molecule has 0 aliphatic rings. The van der Waals surface area contributed by atoms with Gasteiger partial charge in [0.25, 0.3) is 0 Å². The summed E-state index contributed by atoms with van der Waals surface area (Å²) in [4.78, 5) is 12.2. The molecular formula is C4H7N3O3. The molecule has 1 N–H and O–H groups in total. The predicted molar refractivity (Wildman–Crippen MR) is 32.6 cm³/mol. The molecule has 56 valence electrons. The lowest BCUT2D eigenvalue weighted by atomic mass is 10.5. The van der Waals surface area contributed by atoms with Crippen LogP contribution in [0.25, 0.3) is 10.4 Å². The summed E-state index contributed by atoms with van der Waals surface area (Å²) in [5, 5.41) is 11.1. The lowest BCUT2D eigenvalue weighted by Crippen LogP contribution is -2.02. The molecule has 0 spiro atoms. The van der Waals surface area contributed by atoms with Gasteiger partial charge in [-0.1, -0.05) is 5.11 Å². The highest BCUT2D eigenvalue weighted by molar-refractivity contribution is 5.56. The van der Waals surface area contributed by atoms with Crippen molar-refractivity contribution in [1.29, 1.82) is 0 Å². The maximum atomic E-state index is 9.71. The number of hydrogen-bond donors (Lipinski definition) is 1. The quantitative estimate of drug-likeness (QED) is 0.213. The highest BCUT2D eigenvalue weighted by atomic mass is 16.7. The molecule has 0 bridgehead atoms. The Hall–Kier alpha value is -1.42. The van der Waals surface area contributed by atoms with E-state index in [9.17, 15) is 4.79 Å². The van der Waals surface area contributed by atoms with E-state index in [1.54, 1.807) is 0 Å². The van der Waals surface area contributed by atoms with Crippen molar-refractivity contribution >= 4 is 6.16 Å². The van der Waals surface area contributed by atoms with Crippen LogP contribution in [0, 0.1) is 0 Å². The van der Waals surface area contributed by atoms with E-state index >= 15 is 0 Å². The molecule has 0 fully saturated rings. The summed E-state index contributed by atoms with van der Waals surface area (Å²) in [6.07, 6.45) is -0.878. The van der Waals surface area contributed by atoms with E-state index in [0.717, 1.165) is 0 Å². The Kier molecular flexibility index (Phi) is 4.90. The first kappa shape index (κ1) is 8.58. The molecule has 0 rings (SSSR count). The van der Waals surface area contributed by atoms with Crippen LogP contribution in [0.4, 0.5) is 4.79 Å². The lowest BCUT2D eigenvalue weighted by Gasteiger charge is -1.94. The zero-order valence-electron chi connectivity index (χ0n) is 5.23. The largest absolute Gasteiger partial charge is 0.505 e. The molecule has 0 aromatic rings. The Morgan fingerprint density at radius 2 is 2.50 bits per heavy atom. The molecule has 0 saturated heterocycles. The molecule has 0 unspecified atom stereocenters. The van der Waals surface area contributed by atoms with Crippen molar-refractivity contribution in [2.24, 2.45) is 5.11 Å². The van der Waals surface area contributed by atoms with Crippen LogP contribution in [-0.2, 0) is 4.74 Å². The average Bonchev–Trinajstić information content (AvgIpc) is 1.87. The number of nitrogens with zero attached hydrogens (tertiary/aromatic N) is 3. The zero-order valence-corrected chi connectivity index (χ0v) is 5.23. The van der Waals surface area contributed by atoms with Gasteiger partial charge >= 0.3 is 6.16 Å². The van der Waals surface area contributed by atoms with Crippen molar-refractivity contribution < 1.29 is 14.6 Å². The Bertz CT molecular complexity index is 148. The highest BCUT2D eigenvalue weighted by Crippen LogP contribution is 1.84. The Morgan fingerprint density at radius 3 is 3.00 bits per heavy atom. The molecule has 0 aromatic heterocycles. The summed E-state index contributed by atoms with van der Waals surface area (Å²) in [5.74, 6) is 0. The summed E-state index contributed by atoms with van der Waals surface area (Å²) in [6.45, 7) is 0.345. The first-order chi connectivity index (χ1) is 4.77. The normalized spacial score (nSPS) is 8.00. The second kappa shape index (κ2) is 5.71. The van der Waals surface area contributed by atoms with Crippen LogP contribution in [0.3, 0.4) is 0 Å². The van der Waals surface area contributed by atoms with Crippen molar-refractivity contribution in [3.8, 4) is 0 Å². The first-order valence-electron chi connectivity index (χ1n) is 2.64. The van der Waals surface area contributed by atoms with Crippen LogP contribution in [0.5, 0.6) is 0 Å². The number of carboxylic acid groups (broad SMARTS) is 1. The Balaban J connectivity index is 3.05. The monoisotopic (exact) mass is 145 g/mol. The van der Waals surface area contributed by atoms with Crippen LogP contribution < -0.4 is 0 Å². The van der Waals surface area contributed by atoms with E-state index < -0.39 is 6.16 Å². The highest BCUT2D eigenvalue weighted by Gasteiger charge is 1.92. The van der Waals surface area contributed by atoms with E-state index in [0.29, 0.717) is 6.42 Å². The molecule has 0 aliphatic carbocycles. The van der Waals surface area contributed by atoms with Gasteiger partial charge in [-0.2, -0.15) is 0 Å². The molecular weight excluding hydrogens is 138 g/mol. The van der Waals surface area contributed by atoms with Gasteiger partial charge in [-0.05, 0) is 12.0 Å². The van der Waals surface area contributed by atoms with Crippen LogP contribution in [0.15, 0.2) is 5.11 Å². The van der Waals surface area contributed by atoms with Crippen LogP contribution in [-0.4, -0.2) is 24.4 Å². The minimum atomic E-state index is -1.30. The van der Waals surface area contributed by atoms with Gasteiger partial charge in [0.05, 0.1) is 6.61 Å². The molecule has 0 atom stereocenters. The molecule has 0 aromatic carbocycles. The topological polar surface area (TPSA) is 95.3 Å². The van der Waals surface area contributed by atoms with Crippen molar-refractivity contribution in [3.63, 3.8) is 0 Å². The third-order valence-electron chi connectivity index (χ3n) is 0.691. The van der Waals surface area contributed by atoms with Crippen LogP contribution >= 0.6 is 0 Å². The smallest absolute Gasteiger partial charge is 0.450 e. The third kappa shape index (κ3) is 6.58. The van der Waals surface area contributed by atoms with Crippen molar-refractivity contribution in [1.82, 2.24) is 0 Å². The number of hydrogen-bond acceptors (Lipinski definition) is 3. The predicted octanol–water partition coefficient (Wildman–Crippen LogP) is 1.38. The molecule has 0 aliphatic heterocycles. The van der Waals surface area contributed by atoms with Crippen LogP contribution in [0.1, 0.15) is 6.42 Å². The summed E-state index contributed by atoms with van der Waals surface area (Å²) < 4.78 is 4.12. The molecule has 0 radical (unpaired) electrons. The minimum Gasteiger partial charge on any atom is -0.450 e. The molecule has 0 amide bonds. The number of rotatable bonds is 4. The third-order valence-corrected chi connectivity index (χ3v) is 0.691. The van der Waals surface area contributed by atoms with Gasteiger partial charge in [0.1, 0.15) is 0 Å². The fourth-order valence-electron chi connectivity index (χ4n) is 0.339. The Morgan fingerprint density at radius 1 is 1.80 bits per heavy atom. The maximum Gasteiger partial charge on any atom is 0.505 e. The minimum absolute atomic E-state index is 0.0777.